The summed E-state index contributed by atoms with van der Waals surface area (Å²) in [5.41, 5.74) is 4.63. The predicted molar refractivity (Wildman–Crippen MR) is 145 cm³/mol. The number of likely N-dealkylation sites (tertiary alicyclic amines) is 1. The molecule has 2 saturated heterocycles. The van der Waals surface area contributed by atoms with Crippen LogP contribution in [0.15, 0.2) is 41.6 Å². The Morgan fingerprint density at radius 2 is 2.19 bits per heavy atom. The highest BCUT2D eigenvalue weighted by Gasteiger charge is 2.25. The second-order valence-corrected chi connectivity index (χ2v) is 11.1. The van der Waals surface area contributed by atoms with Crippen molar-refractivity contribution in [2.45, 2.75) is 50.6 Å². The maximum atomic E-state index is 12.8. The number of aromatic nitrogens is 3. The molecule has 3 N–H and O–H groups in total. The molecule has 0 spiro atoms. The molecule has 0 radical (unpaired) electrons. The molecule has 37 heavy (non-hydrogen) atoms. The van der Waals surface area contributed by atoms with Gasteiger partial charge in [0.1, 0.15) is 5.82 Å². The average molecular weight is 518 g/mol. The number of amides is 2. The number of anilines is 1. The molecule has 0 aromatic carbocycles. The van der Waals surface area contributed by atoms with E-state index in [1.54, 1.807) is 10.7 Å². The number of hydrogen-bond donors (Lipinski definition) is 3. The highest BCUT2D eigenvalue weighted by molar-refractivity contribution is 7.12. The fraction of sp³-hybridized carbons (Fsp3) is 0.407. The summed E-state index contributed by atoms with van der Waals surface area (Å²) in [5, 5.41) is 16.0. The summed E-state index contributed by atoms with van der Waals surface area (Å²) in [6.45, 7) is 5.76. The molecule has 1 aliphatic carbocycles. The quantitative estimate of drug-likeness (QED) is 0.421. The van der Waals surface area contributed by atoms with E-state index in [0.29, 0.717) is 41.3 Å². The lowest BCUT2D eigenvalue weighted by Crippen LogP contribution is -2.31. The fourth-order valence-corrected chi connectivity index (χ4v) is 5.86. The van der Waals surface area contributed by atoms with Crippen molar-refractivity contribution in [1.82, 2.24) is 30.1 Å². The van der Waals surface area contributed by atoms with E-state index in [1.165, 1.54) is 24.2 Å². The molecule has 5 heterocycles. The molecule has 1 saturated carbocycles. The summed E-state index contributed by atoms with van der Waals surface area (Å²) in [6, 6.07) is 4.90. The van der Waals surface area contributed by atoms with Crippen molar-refractivity contribution in [2.24, 2.45) is 0 Å². The molecule has 6 rings (SSSR count). The van der Waals surface area contributed by atoms with E-state index in [4.69, 9.17) is 4.98 Å². The molecule has 3 aromatic heterocycles. The predicted octanol–water partition coefficient (Wildman–Crippen LogP) is 3.66. The molecule has 0 bridgehead atoms. The maximum absolute atomic E-state index is 12.8. The Kier molecular flexibility index (Phi) is 6.29. The number of fused-ring (bicyclic) bond motifs is 1. The van der Waals surface area contributed by atoms with E-state index < -0.39 is 0 Å². The topological polar surface area (TPSA) is 104 Å². The Hall–Kier alpha value is -3.50. The van der Waals surface area contributed by atoms with Crippen molar-refractivity contribution in [3.63, 3.8) is 0 Å². The van der Waals surface area contributed by atoms with Gasteiger partial charge in [-0.3, -0.25) is 9.59 Å². The minimum absolute atomic E-state index is 0.0407. The van der Waals surface area contributed by atoms with Crippen LogP contribution in [0.2, 0.25) is 0 Å². The zero-order valence-corrected chi connectivity index (χ0v) is 21.7. The van der Waals surface area contributed by atoms with Gasteiger partial charge in [-0.15, -0.1) is 11.3 Å². The van der Waals surface area contributed by atoms with Crippen molar-refractivity contribution in [3.8, 4) is 11.3 Å². The van der Waals surface area contributed by atoms with E-state index in [0.717, 1.165) is 54.0 Å². The Bertz CT molecular complexity index is 1420. The van der Waals surface area contributed by atoms with E-state index in [1.807, 2.05) is 23.6 Å². The number of carbonyl (C=O) groups is 2. The van der Waals surface area contributed by atoms with Crippen LogP contribution in [0.4, 0.5) is 5.82 Å². The lowest BCUT2D eigenvalue weighted by atomic mass is 10.1. The maximum Gasteiger partial charge on any atom is 0.261 e. The monoisotopic (exact) mass is 517 g/mol. The van der Waals surface area contributed by atoms with Crippen molar-refractivity contribution in [2.75, 3.05) is 25.5 Å². The van der Waals surface area contributed by atoms with Crippen molar-refractivity contribution in [3.05, 3.63) is 52.0 Å². The number of allylic oxidation sites excluding steroid dienone is 1. The molecular formula is C27H31N7O2S. The number of nitrogens with one attached hydrogen (secondary N) is 3. The second-order valence-electron chi connectivity index (χ2n) is 10.2. The molecule has 1 unspecified atom stereocenters. The van der Waals surface area contributed by atoms with E-state index in [-0.39, 0.29) is 11.8 Å². The van der Waals surface area contributed by atoms with Crippen LogP contribution < -0.4 is 16.0 Å². The largest absolute Gasteiger partial charge is 0.367 e. The third kappa shape index (κ3) is 5.03. The van der Waals surface area contributed by atoms with Gasteiger partial charge in [-0.05, 0) is 63.4 Å². The summed E-state index contributed by atoms with van der Waals surface area (Å²) in [6.07, 6.45) is 9.66. The average Bonchev–Trinajstić information content (AvgIpc) is 3.22. The summed E-state index contributed by atoms with van der Waals surface area (Å²) >= 11 is 1.43. The summed E-state index contributed by atoms with van der Waals surface area (Å²) in [5.74, 6) is 0.766. The van der Waals surface area contributed by atoms with Crippen LogP contribution in [0.5, 0.6) is 0 Å². The third-order valence-electron chi connectivity index (χ3n) is 7.34. The molecule has 2 amide bonds. The Morgan fingerprint density at radius 3 is 2.92 bits per heavy atom. The summed E-state index contributed by atoms with van der Waals surface area (Å²) in [7, 11) is 2.16. The minimum atomic E-state index is -0.0585. The first-order chi connectivity index (χ1) is 17.9. The highest BCUT2D eigenvalue weighted by atomic mass is 32.1. The molecule has 3 aromatic rings. The van der Waals surface area contributed by atoms with Gasteiger partial charge in [0.2, 0.25) is 5.91 Å². The first kappa shape index (κ1) is 23.9. The van der Waals surface area contributed by atoms with E-state index in [2.05, 4.69) is 39.6 Å². The van der Waals surface area contributed by atoms with Crippen LogP contribution in [-0.2, 0) is 4.79 Å². The van der Waals surface area contributed by atoms with Gasteiger partial charge in [0.15, 0.2) is 5.65 Å². The fourth-order valence-electron chi connectivity index (χ4n) is 5.04. The molecule has 192 valence electrons. The number of rotatable bonds is 8. The van der Waals surface area contributed by atoms with Crippen LogP contribution in [0.25, 0.3) is 23.0 Å². The van der Waals surface area contributed by atoms with Crippen LogP contribution >= 0.6 is 11.3 Å². The third-order valence-corrected chi connectivity index (χ3v) is 8.27. The van der Waals surface area contributed by atoms with Crippen LogP contribution in [0.1, 0.15) is 53.8 Å². The van der Waals surface area contributed by atoms with Crippen LogP contribution in [0.3, 0.4) is 0 Å². The van der Waals surface area contributed by atoms with Gasteiger partial charge < -0.3 is 20.9 Å². The molecule has 10 heteroatoms. The van der Waals surface area contributed by atoms with Crippen molar-refractivity contribution < 1.29 is 9.59 Å². The van der Waals surface area contributed by atoms with Crippen LogP contribution in [-0.4, -0.2) is 63.5 Å². The van der Waals surface area contributed by atoms with Gasteiger partial charge in [-0.1, -0.05) is 6.58 Å². The molecule has 3 fully saturated rings. The molecule has 9 nitrogen and oxygen atoms in total. The zero-order chi connectivity index (χ0) is 25.5. The normalized spacial score (nSPS) is 21.2. The number of carbonyl (C=O) groups excluding carboxylic acids is 2. The van der Waals surface area contributed by atoms with E-state index >= 15 is 0 Å². The van der Waals surface area contributed by atoms with Crippen LogP contribution in [0, 0.1) is 0 Å². The Morgan fingerprint density at radius 1 is 1.32 bits per heavy atom. The Balaban J connectivity index is 1.25. The first-order valence-electron chi connectivity index (χ1n) is 12.9. The number of thiophene rings is 1. The SMILES string of the molecule is C=C1NC(=O)C/C1=C\c1cnn2c(NC3CC3)cc(-c3csc(C(=O)NCCC4CCCN4C)c3)nc12. The smallest absolute Gasteiger partial charge is 0.261 e. The molecular weight excluding hydrogens is 486 g/mol. The minimum Gasteiger partial charge on any atom is -0.367 e. The molecule has 2 aliphatic heterocycles. The Labute approximate surface area is 219 Å². The van der Waals surface area contributed by atoms with Gasteiger partial charge >= 0.3 is 0 Å². The summed E-state index contributed by atoms with van der Waals surface area (Å²) in [4.78, 5) is 32.6. The van der Waals surface area contributed by atoms with Gasteiger partial charge in [0, 0.05) is 46.9 Å². The van der Waals surface area contributed by atoms with Gasteiger partial charge in [0.05, 0.1) is 23.2 Å². The first-order valence-corrected chi connectivity index (χ1v) is 13.7. The molecule has 3 aliphatic rings. The van der Waals surface area contributed by atoms with Crippen molar-refractivity contribution >= 4 is 40.7 Å². The van der Waals surface area contributed by atoms with Crippen molar-refractivity contribution in [1.29, 1.82) is 0 Å². The number of nitrogens with zero attached hydrogens (tertiary/aromatic N) is 4. The standard InChI is InChI=1S/C27H31N7O2S/c1-16-17(12-25(35)30-16)10-18-14-29-34-24(31-20-5-6-20)13-22(32-26(18)34)19-11-23(37-15-19)27(36)28-8-7-21-4-3-9-33(21)2/h10-11,13-15,20-21,31H,1,3-9,12H2,2H3,(H,28,36)(H,30,35)/b17-10+. The molecule has 1 atom stereocenters. The lowest BCUT2D eigenvalue weighted by molar-refractivity contribution is -0.118. The van der Waals surface area contributed by atoms with Gasteiger partial charge in [-0.2, -0.15) is 9.61 Å². The van der Waals surface area contributed by atoms with Gasteiger partial charge in [-0.25, -0.2) is 4.98 Å². The zero-order valence-electron chi connectivity index (χ0n) is 20.9. The number of hydrogen-bond acceptors (Lipinski definition) is 7. The summed E-state index contributed by atoms with van der Waals surface area (Å²) < 4.78 is 1.81. The lowest BCUT2D eigenvalue weighted by Gasteiger charge is -2.19. The van der Waals surface area contributed by atoms with Gasteiger partial charge in [0.25, 0.3) is 5.91 Å². The highest BCUT2D eigenvalue weighted by Crippen LogP contribution is 2.32. The van der Waals surface area contributed by atoms with E-state index in [9.17, 15) is 9.59 Å². The second kappa shape index (κ2) is 9.75.